The van der Waals surface area contributed by atoms with Gasteiger partial charge in [-0.05, 0) is 37.1 Å². The van der Waals surface area contributed by atoms with Gasteiger partial charge in [0.1, 0.15) is 11.6 Å². The molecule has 2 aromatic carbocycles. The van der Waals surface area contributed by atoms with Crippen molar-refractivity contribution in [1.29, 1.82) is 5.26 Å². The number of benzene rings is 2. The van der Waals surface area contributed by atoms with Crippen molar-refractivity contribution in [2.45, 2.75) is 32.6 Å². The average Bonchev–Trinajstić information content (AvgIpc) is 3.25. The maximum Gasteiger partial charge on any atom is 0.344 e. The molecule has 0 fully saturated rings. The highest BCUT2D eigenvalue weighted by atomic mass is 16.6. The molecule has 0 aliphatic carbocycles. The number of nitrogens with one attached hydrogen (secondary N) is 1. The molecular formula is C25H23N5O6. The summed E-state index contributed by atoms with van der Waals surface area (Å²) >= 11 is 0. The zero-order chi connectivity index (χ0) is 26.0. The molecule has 3 N–H and O–H groups in total. The lowest BCUT2D eigenvalue weighted by Crippen LogP contribution is -2.21. The number of carbonyl (C=O) groups excluding carboxylic acids is 1. The van der Waals surface area contributed by atoms with Gasteiger partial charge in [-0.3, -0.25) is 15.2 Å². The molecule has 1 atom stereocenters. The van der Waals surface area contributed by atoms with Gasteiger partial charge in [-0.15, -0.1) is 5.10 Å². The molecule has 11 nitrogen and oxygen atoms in total. The van der Waals surface area contributed by atoms with Crippen LogP contribution < -0.4 is 19.9 Å². The first-order chi connectivity index (χ1) is 17.3. The summed E-state index contributed by atoms with van der Waals surface area (Å²) in [6.45, 7) is 3.51. The summed E-state index contributed by atoms with van der Waals surface area (Å²) in [4.78, 5) is 23.5. The van der Waals surface area contributed by atoms with Gasteiger partial charge in [-0.25, -0.2) is 4.79 Å². The lowest BCUT2D eigenvalue weighted by molar-refractivity contribution is -0.385. The Hall–Kier alpha value is -4.85. The lowest BCUT2D eigenvalue weighted by Gasteiger charge is -2.24. The van der Waals surface area contributed by atoms with Gasteiger partial charge in [0.25, 0.3) is 5.69 Å². The Morgan fingerprint density at radius 3 is 2.78 bits per heavy atom. The second-order valence-corrected chi connectivity index (χ2v) is 8.10. The van der Waals surface area contributed by atoms with Gasteiger partial charge < -0.3 is 19.9 Å². The monoisotopic (exact) mass is 489 g/mol. The number of nitro groups is 1. The van der Waals surface area contributed by atoms with E-state index in [9.17, 15) is 20.2 Å². The van der Waals surface area contributed by atoms with Crippen LogP contribution in [0.4, 0.5) is 5.69 Å². The van der Waals surface area contributed by atoms with Gasteiger partial charge in [0.05, 0.1) is 23.5 Å². The van der Waals surface area contributed by atoms with Crippen LogP contribution in [0.5, 0.6) is 17.4 Å². The van der Waals surface area contributed by atoms with Crippen molar-refractivity contribution in [3.8, 4) is 23.4 Å². The number of allylic oxidation sites excluding steroid dienone is 1. The third-order valence-electron chi connectivity index (χ3n) is 5.96. The Morgan fingerprint density at radius 1 is 1.33 bits per heavy atom. The quantitative estimate of drug-likeness (QED) is 0.215. The number of nitrogens with zero attached hydrogens (tertiary/aromatic N) is 3. The molecule has 0 radical (unpaired) electrons. The third kappa shape index (κ3) is 4.20. The molecule has 0 spiro atoms. The molecule has 1 aliphatic heterocycles. The molecule has 184 valence electrons. The fourth-order valence-corrected chi connectivity index (χ4v) is 4.23. The number of aryl methyl sites for hydroxylation is 1. The van der Waals surface area contributed by atoms with Crippen LogP contribution in [0, 0.1) is 28.4 Å². The van der Waals surface area contributed by atoms with Crippen molar-refractivity contribution in [2.75, 3.05) is 7.11 Å². The van der Waals surface area contributed by atoms with E-state index in [-0.39, 0.29) is 39.8 Å². The van der Waals surface area contributed by atoms with E-state index in [2.05, 4.69) is 16.3 Å². The number of aromatic amines is 1. The van der Waals surface area contributed by atoms with Crippen LogP contribution in [-0.2, 0) is 6.42 Å². The second-order valence-electron chi connectivity index (χ2n) is 8.10. The Labute approximate surface area is 206 Å². The minimum atomic E-state index is -0.766. The Morgan fingerprint density at radius 2 is 2.11 bits per heavy atom. The van der Waals surface area contributed by atoms with Gasteiger partial charge in [0.2, 0.25) is 11.8 Å². The third-order valence-corrected chi connectivity index (χ3v) is 5.96. The number of fused-ring (bicyclic) bond motifs is 1. The minimum Gasteiger partial charge on any atom is -0.493 e. The molecule has 1 aliphatic rings. The van der Waals surface area contributed by atoms with E-state index in [0.717, 1.165) is 12.1 Å². The maximum absolute atomic E-state index is 12.9. The number of carbonyl (C=O) groups is 1. The van der Waals surface area contributed by atoms with Crippen LogP contribution in [0.15, 0.2) is 47.9 Å². The molecular weight excluding hydrogens is 466 g/mol. The summed E-state index contributed by atoms with van der Waals surface area (Å²) in [5.74, 6) is -0.737. The van der Waals surface area contributed by atoms with Crippen molar-refractivity contribution in [3.63, 3.8) is 0 Å². The molecule has 3 aromatic rings. The number of hydrogen-bond acceptors (Lipinski definition) is 9. The molecule has 0 saturated heterocycles. The smallest absolute Gasteiger partial charge is 0.344 e. The minimum absolute atomic E-state index is 0.0415. The Bertz CT molecular complexity index is 1440. The SMILES string of the molecule is CCCc1[nH]nc2c1C(c1ccc(OC(=O)c3cccc([N+](=O)[O-])c3C)c(OC)c1)C(C#N)=C(N)O2. The van der Waals surface area contributed by atoms with Gasteiger partial charge in [0, 0.05) is 22.9 Å². The second kappa shape index (κ2) is 9.79. The van der Waals surface area contributed by atoms with Crippen molar-refractivity contribution >= 4 is 11.7 Å². The first-order valence-corrected chi connectivity index (χ1v) is 11.1. The Kier molecular flexibility index (Phi) is 6.60. The molecule has 0 saturated carbocycles. The zero-order valence-electron chi connectivity index (χ0n) is 19.8. The fraction of sp³-hybridized carbons (Fsp3) is 0.240. The van der Waals surface area contributed by atoms with E-state index >= 15 is 0 Å². The standard InChI is InChI=1S/C25H23N5O6/c1-4-6-17-22-21(16(12-26)23(27)36-24(22)29-28-17)14-9-10-19(20(11-14)34-3)35-25(31)15-7-5-8-18(13(15)2)30(32)33/h5,7-11,21H,4,6,27H2,1-3H3,(H,28,29). The molecule has 1 aromatic heterocycles. The molecule has 0 bridgehead atoms. The van der Waals surface area contributed by atoms with Crippen molar-refractivity contribution < 1.29 is 23.9 Å². The average molecular weight is 489 g/mol. The number of aromatic nitrogens is 2. The van der Waals surface area contributed by atoms with Crippen LogP contribution >= 0.6 is 0 Å². The van der Waals surface area contributed by atoms with Crippen molar-refractivity contribution in [3.05, 3.63) is 85.9 Å². The van der Waals surface area contributed by atoms with E-state index in [1.54, 1.807) is 18.2 Å². The molecule has 2 heterocycles. The summed E-state index contributed by atoms with van der Waals surface area (Å²) < 4.78 is 16.6. The van der Waals surface area contributed by atoms with E-state index in [1.807, 2.05) is 6.92 Å². The highest BCUT2D eigenvalue weighted by molar-refractivity contribution is 5.94. The summed E-state index contributed by atoms with van der Waals surface area (Å²) in [5, 5.41) is 28.3. The molecule has 11 heteroatoms. The van der Waals surface area contributed by atoms with Gasteiger partial charge in [0.15, 0.2) is 11.5 Å². The van der Waals surface area contributed by atoms with Gasteiger partial charge in [-0.1, -0.05) is 25.5 Å². The molecule has 4 rings (SSSR count). The number of ether oxygens (including phenoxy) is 3. The number of methoxy groups -OCH3 is 1. The number of H-pyrrole nitrogens is 1. The number of rotatable bonds is 7. The molecule has 1 unspecified atom stereocenters. The number of esters is 1. The highest BCUT2D eigenvalue weighted by Gasteiger charge is 2.35. The van der Waals surface area contributed by atoms with Crippen LogP contribution in [0.2, 0.25) is 0 Å². The van der Waals surface area contributed by atoms with Crippen LogP contribution in [0.3, 0.4) is 0 Å². The van der Waals surface area contributed by atoms with E-state index in [0.29, 0.717) is 23.4 Å². The summed E-state index contributed by atoms with van der Waals surface area (Å²) in [6, 6.07) is 11.2. The molecule has 36 heavy (non-hydrogen) atoms. The fourth-order valence-electron chi connectivity index (χ4n) is 4.23. The first-order valence-electron chi connectivity index (χ1n) is 11.1. The number of hydrogen-bond donors (Lipinski definition) is 2. The van der Waals surface area contributed by atoms with Crippen molar-refractivity contribution in [1.82, 2.24) is 10.2 Å². The van der Waals surface area contributed by atoms with Crippen LogP contribution in [-0.4, -0.2) is 28.2 Å². The molecule has 0 amide bonds. The normalized spacial score (nSPS) is 14.4. The number of nitriles is 1. The summed E-state index contributed by atoms with van der Waals surface area (Å²) in [7, 11) is 1.42. The predicted molar refractivity (Wildman–Crippen MR) is 128 cm³/mol. The topological polar surface area (TPSA) is 166 Å². The van der Waals surface area contributed by atoms with Gasteiger partial charge >= 0.3 is 5.97 Å². The lowest BCUT2D eigenvalue weighted by atomic mass is 9.83. The Balaban J connectivity index is 1.73. The largest absolute Gasteiger partial charge is 0.493 e. The van der Waals surface area contributed by atoms with Crippen LogP contribution in [0.25, 0.3) is 0 Å². The maximum atomic E-state index is 12.9. The summed E-state index contributed by atoms with van der Waals surface area (Å²) in [6.07, 6.45) is 1.54. The van der Waals surface area contributed by atoms with Gasteiger partial charge in [-0.2, -0.15) is 5.26 Å². The number of nitro benzene ring substituents is 1. The summed E-state index contributed by atoms with van der Waals surface area (Å²) in [5.41, 5.74) is 8.52. The first kappa shape index (κ1) is 24.3. The van der Waals surface area contributed by atoms with E-state index in [4.69, 9.17) is 19.9 Å². The van der Waals surface area contributed by atoms with Crippen molar-refractivity contribution in [2.24, 2.45) is 5.73 Å². The van der Waals surface area contributed by atoms with E-state index in [1.165, 1.54) is 32.2 Å². The van der Waals surface area contributed by atoms with E-state index < -0.39 is 16.8 Å². The predicted octanol–water partition coefficient (Wildman–Crippen LogP) is 4.02. The van der Waals surface area contributed by atoms with Crippen LogP contribution in [0.1, 0.15) is 52.0 Å². The zero-order valence-corrected chi connectivity index (χ0v) is 19.8. The number of nitrogens with two attached hydrogens (primary N) is 1. The highest BCUT2D eigenvalue weighted by Crippen LogP contribution is 2.45.